The molecule has 0 bridgehead atoms. The number of pyridine rings is 1. The number of anilines is 1. The standard InChI is InChI=1S/C12H16N4O4/c1-2-20-12(17)10-8-13-5-6-15(10)11-4-3-9(7-14-11)16(18)19/h3-4,7,10,13H,2,5-6,8H2,1H3. The first-order valence-electron chi connectivity index (χ1n) is 6.38. The molecule has 8 nitrogen and oxygen atoms in total. The summed E-state index contributed by atoms with van der Waals surface area (Å²) in [6, 6.07) is 2.47. The molecule has 1 aromatic heterocycles. The predicted molar refractivity (Wildman–Crippen MR) is 71.5 cm³/mol. The minimum Gasteiger partial charge on any atom is -0.464 e. The summed E-state index contributed by atoms with van der Waals surface area (Å²) >= 11 is 0. The third-order valence-corrected chi connectivity index (χ3v) is 3.04. The lowest BCUT2D eigenvalue weighted by Gasteiger charge is -2.35. The molecule has 2 heterocycles. The van der Waals surface area contributed by atoms with E-state index in [1.165, 1.54) is 12.3 Å². The number of hydrogen-bond acceptors (Lipinski definition) is 7. The summed E-state index contributed by atoms with van der Waals surface area (Å²) in [5, 5.41) is 13.7. The molecule has 1 atom stereocenters. The van der Waals surface area contributed by atoms with Crippen molar-refractivity contribution in [2.45, 2.75) is 13.0 Å². The number of ether oxygens (including phenoxy) is 1. The van der Waals surface area contributed by atoms with Crippen LogP contribution >= 0.6 is 0 Å². The Labute approximate surface area is 115 Å². The van der Waals surface area contributed by atoms with Crippen molar-refractivity contribution in [1.29, 1.82) is 0 Å². The van der Waals surface area contributed by atoms with Gasteiger partial charge in [0.15, 0.2) is 0 Å². The summed E-state index contributed by atoms with van der Waals surface area (Å²) in [5.41, 5.74) is -0.0726. The Morgan fingerprint density at radius 3 is 3.05 bits per heavy atom. The molecule has 108 valence electrons. The van der Waals surface area contributed by atoms with Gasteiger partial charge in [-0.3, -0.25) is 10.1 Å². The first kappa shape index (κ1) is 14.2. The van der Waals surface area contributed by atoms with Crippen LogP contribution in [-0.4, -0.2) is 48.2 Å². The molecule has 0 aliphatic carbocycles. The summed E-state index contributed by atoms with van der Waals surface area (Å²) in [6.45, 7) is 3.85. The van der Waals surface area contributed by atoms with E-state index in [4.69, 9.17) is 4.74 Å². The molecule has 0 amide bonds. The van der Waals surface area contributed by atoms with E-state index in [2.05, 4.69) is 10.3 Å². The van der Waals surface area contributed by atoms with Crippen molar-refractivity contribution in [3.63, 3.8) is 0 Å². The number of rotatable bonds is 4. The highest BCUT2D eigenvalue weighted by Gasteiger charge is 2.30. The maximum Gasteiger partial charge on any atom is 0.330 e. The largest absolute Gasteiger partial charge is 0.464 e. The molecule has 0 radical (unpaired) electrons. The van der Waals surface area contributed by atoms with E-state index in [0.29, 0.717) is 32.1 Å². The lowest BCUT2D eigenvalue weighted by Crippen LogP contribution is -2.55. The van der Waals surface area contributed by atoms with Crippen molar-refractivity contribution in [2.24, 2.45) is 0 Å². The first-order valence-corrected chi connectivity index (χ1v) is 6.38. The SMILES string of the molecule is CCOC(=O)C1CNCCN1c1ccc([N+](=O)[O-])cn1. The number of nitrogens with one attached hydrogen (secondary N) is 1. The smallest absolute Gasteiger partial charge is 0.330 e. The summed E-state index contributed by atoms with van der Waals surface area (Å²) in [4.78, 5) is 27.9. The molecule has 8 heteroatoms. The average Bonchev–Trinajstić information content (AvgIpc) is 2.47. The van der Waals surface area contributed by atoms with Crippen LogP contribution in [0.15, 0.2) is 18.3 Å². The average molecular weight is 280 g/mol. The lowest BCUT2D eigenvalue weighted by molar-refractivity contribution is -0.385. The van der Waals surface area contributed by atoms with Gasteiger partial charge in [0.2, 0.25) is 0 Å². The minimum absolute atomic E-state index is 0.0726. The summed E-state index contributed by atoms with van der Waals surface area (Å²) in [5.74, 6) is 0.218. The molecule has 20 heavy (non-hydrogen) atoms. The van der Waals surface area contributed by atoms with Gasteiger partial charge in [0, 0.05) is 25.7 Å². The Kier molecular flexibility index (Phi) is 4.46. The number of aromatic nitrogens is 1. The molecular weight excluding hydrogens is 264 g/mol. The topological polar surface area (TPSA) is 97.6 Å². The number of esters is 1. The molecule has 1 N–H and O–H groups in total. The second kappa shape index (κ2) is 6.29. The molecule has 1 aromatic rings. The zero-order chi connectivity index (χ0) is 14.5. The number of carbonyl (C=O) groups excluding carboxylic acids is 1. The second-order valence-electron chi connectivity index (χ2n) is 4.30. The van der Waals surface area contributed by atoms with Crippen LogP contribution in [0.5, 0.6) is 0 Å². The number of piperazine rings is 1. The maximum atomic E-state index is 11.9. The zero-order valence-electron chi connectivity index (χ0n) is 11.1. The van der Waals surface area contributed by atoms with Crippen LogP contribution < -0.4 is 10.2 Å². The van der Waals surface area contributed by atoms with Crippen LogP contribution in [0.25, 0.3) is 0 Å². The fraction of sp³-hybridized carbons (Fsp3) is 0.500. The number of nitrogens with zero attached hydrogens (tertiary/aromatic N) is 3. The monoisotopic (exact) mass is 280 g/mol. The van der Waals surface area contributed by atoms with Gasteiger partial charge in [0.05, 0.1) is 11.5 Å². The fourth-order valence-corrected chi connectivity index (χ4v) is 2.08. The van der Waals surface area contributed by atoms with E-state index in [0.717, 1.165) is 0 Å². The van der Waals surface area contributed by atoms with Crippen molar-refractivity contribution < 1.29 is 14.5 Å². The van der Waals surface area contributed by atoms with E-state index < -0.39 is 11.0 Å². The first-order chi connectivity index (χ1) is 9.63. The number of nitro groups is 1. The summed E-state index contributed by atoms with van der Waals surface area (Å²) in [7, 11) is 0. The molecule has 0 aromatic carbocycles. The van der Waals surface area contributed by atoms with Crippen molar-refractivity contribution in [3.8, 4) is 0 Å². The Hall–Kier alpha value is -2.22. The quantitative estimate of drug-likeness (QED) is 0.482. The molecule has 0 spiro atoms. The number of carbonyl (C=O) groups is 1. The van der Waals surface area contributed by atoms with Crippen molar-refractivity contribution in [1.82, 2.24) is 10.3 Å². The van der Waals surface area contributed by atoms with Gasteiger partial charge >= 0.3 is 5.97 Å². The van der Waals surface area contributed by atoms with E-state index in [-0.39, 0.29) is 11.7 Å². The van der Waals surface area contributed by atoms with Gasteiger partial charge in [0.1, 0.15) is 18.1 Å². The maximum absolute atomic E-state index is 11.9. The Morgan fingerprint density at radius 2 is 2.45 bits per heavy atom. The zero-order valence-corrected chi connectivity index (χ0v) is 11.1. The molecule has 1 aliphatic rings. The third kappa shape index (κ3) is 3.02. The summed E-state index contributed by atoms with van der Waals surface area (Å²) < 4.78 is 5.04. The summed E-state index contributed by atoms with van der Waals surface area (Å²) in [6.07, 6.45) is 1.19. The molecule has 0 saturated carbocycles. The van der Waals surface area contributed by atoms with Gasteiger partial charge in [-0.2, -0.15) is 0 Å². The molecule has 1 aliphatic heterocycles. The van der Waals surface area contributed by atoms with Gasteiger partial charge in [-0.25, -0.2) is 9.78 Å². The van der Waals surface area contributed by atoms with Crippen molar-refractivity contribution >= 4 is 17.5 Å². The van der Waals surface area contributed by atoms with Gasteiger partial charge in [-0.1, -0.05) is 0 Å². The van der Waals surface area contributed by atoms with Crippen LogP contribution in [0.4, 0.5) is 11.5 Å². The molecule has 1 fully saturated rings. The molecule has 1 unspecified atom stereocenters. The molecular formula is C12H16N4O4. The lowest BCUT2D eigenvalue weighted by atomic mass is 10.2. The third-order valence-electron chi connectivity index (χ3n) is 3.04. The Morgan fingerprint density at radius 1 is 1.65 bits per heavy atom. The van der Waals surface area contributed by atoms with E-state index in [1.807, 2.05) is 0 Å². The van der Waals surface area contributed by atoms with E-state index >= 15 is 0 Å². The van der Waals surface area contributed by atoms with Gasteiger partial charge in [-0.15, -0.1) is 0 Å². The van der Waals surface area contributed by atoms with Crippen LogP contribution in [0.1, 0.15) is 6.92 Å². The predicted octanol–water partition coefficient (Wildman–Crippen LogP) is 0.331. The highest BCUT2D eigenvalue weighted by Crippen LogP contribution is 2.19. The highest BCUT2D eigenvalue weighted by molar-refractivity contribution is 5.80. The van der Waals surface area contributed by atoms with Crippen LogP contribution in [0.3, 0.4) is 0 Å². The molecule has 2 rings (SSSR count). The second-order valence-corrected chi connectivity index (χ2v) is 4.30. The number of hydrogen-bond donors (Lipinski definition) is 1. The minimum atomic E-state index is -0.503. The normalized spacial score (nSPS) is 18.6. The van der Waals surface area contributed by atoms with E-state index in [9.17, 15) is 14.9 Å². The van der Waals surface area contributed by atoms with Gasteiger partial charge in [0.25, 0.3) is 5.69 Å². The van der Waals surface area contributed by atoms with Crippen molar-refractivity contribution in [2.75, 3.05) is 31.1 Å². The highest BCUT2D eigenvalue weighted by atomic mass is 16.6. The Balaban J connectivity index is 2.18. The van der Waals surface area contributed by atoms with Gasteiger partial charge in [-0.05, 0) is 13.0 Å². The van der Waals surface area contributed by atoms with E-state index in [1.54, 1.807) is 17.9 Å². The fourth-order valence-electron chi connectivity index (χ4n) is 2.08. The van der Waals surface area contributed by atoms with Crippen LogP contribution in [0.2, 0.25) is 0 Å². The van der Waals surface area contributed by atoms with Crippen LogP contribution in [-0.2, 0) is 9.53 Å². The Bertz CT molecular complexity index is 491. The van der Waals surface area contributed by atoms with Gasteiger partial charge < -0.3 is 15.0 Å². The van der Waals surface area contributed by atoms with Crippen molar-refractivity contribution in [3.05, 3.63) is 28.4 Å². The molecule has 1 saturated heterocycles. The van der Waals surface area contributed by atoms with Crippen LogP contribution in [0, 0.1) is 10.1 Å².